The SMILES string of the molecule is [Cl-].[Fe+2].[N-]=C=S. The van der Waals surface area contributed by atoms with E-state index in [2.05, 4.69) is 12.2 Å². The molecule has 0 saturated heterocycles. The zero-order chi connectivity index (χ0) is 2.71. The summed E-state index contributed by atoms with van der Waals surface area (Å²) in [4.78, 5) is 0. The first kappa shape index (κ1) is 17.5. The molecule has 0 bridgehead atoms. The van der Waals surface area contributed by atoms with E-state index in [1.165, 1.54) is 5.16 Å². The van der Waals surface area contributed by atoms with Crippen LogP contribution < -0.4 is 12.4 Å². The average molecular weight is 149 g/mol. The van der Waals surface area contributed by atoms with Crippen LogP contribution in [0.25, 0.3) is 5.41 Å². The van der Waals surface area contributed by atoms with Crippen LogP contribution in [0.3, 0.4) is 0 Å². The first-order valence-electron chi connectivity index (χ1n) is 0.428. The van der Waals surface area contributed by atoms with Crippen LogP contribution in [-0.4, -0.2) is 5.16 Å². The molecule has 0 aromatic carbocycles. The van der Waals surface area contributed by atoms with Crippen molar-refractivity contribution in [2.24, 2.45) is 0 Å². The molecular weight excluding hydrogens is 149 g/mol. The molecule has 0 aromatic heterocycles. The second kappa shape index (κ2) is 23.2. The van der Waals surface area contributed by atoms with Gasteiger partial charge in [-0.25, -0.2) is 0 Å². The number of thiocarbonyl (C=S) groups is 1. The van der Waals surface area contributed by atoms with Crippen molar-refractivity contribution in [2.75, 3.05) is 0 Å². The molecule has 0 saturated carbocycles. The second-order valence-electron chi connectivity index (χ2n) is 0.0913. The number of hydrogen-bond acceptors (Lipinski definition) is 1. The van der Waals surface area contributed by atoms with Gasteiger partial charge in [0, 0.05) is 0 Å². The summed E-state index contributed by atoms with van der Waals surface area (Å²) >= 11 is 3.70. The maximum atomic E-state index is 7.13. The molecule has 0 spiro atoms. The molecule has 0 heterocycles. The number of nitrogens with zero attached hydrogens (tertiary/aromatic N) is 1. The van der Waals surface area contributed by atoms with Crippen molar-refractivity contribution in [3.05, 3.63) is 5.41 Å². The van der Waals surface area contributed by atoms with Gasteiger partial charge in [0.1, 0.15) is 0 Å². The third-order valence-corrected chi connectivity index (χ3v) is 0. The fraction of sp³-hybridized carbons (Fsp3) is 0. The molecule has 0 aliphatic heterocycles. The van der Waals surface area contributed by atoms with Crippen molar-refractivity contribution in [1.82, 2.24) is 0 Å². The van der Waals surface area contributed by atoms with Crippen molar-refractivity contribution in [3.63, 3.8) is 0 Å². The van der Waals surface area contributed by atoms with Crippen LogP contribution in [0.1, 0.15) is 0 Å². The molecule has 0 atom stereocenters. The average Bonchev–Trinajstić information content (AvgIpc) is 0.918. The number of isothiocyanates is 1. The van der Waals surface area contributed by atoms with Gasteiger partial charge in [-0.05, 0) is 0 Å². The normalized spacial score (nSPS) is 1.60. The van der Waals surface area contributed by atoms with Crippen LogP contribution in [-0.2, 0) is 17.1 Å². The van der Waals surface area contributed by atoms with E-state index in [0.717, 1.165) is 0 Å². The van der Waals surface area contributed by atoms with Gasteiger partial charge in [-0.15, -0.1) is 0 Å². The topological polar surface area (TPSA) is 22.3 Å². The summed E-state index contributed by atoms with van der Waals surface area (Å²) in [5, 5.41) is 8.47. The predicted molar refractivity (Wildman–Crippen MR) is 16.0 cm³/mol. The van der Waals surface area contributed by atoms with Crippen molar-refractivity contribution in [3.8, 4) is 0 Å². The van der Waals surface area contributed by atoms with Crippen molar-refractivity contribution in [1.29, 1.82) is 0 Å². The Morgan fingerprint density at radius 2 is 1.60 bits per heavy atom. The standard InChI is InChI=1S/CNS.ClH.Fe/c2-1-3;;/h;1H;/q-1;;+2/p-1. The first-order valence-corrected chi connectivity index (χ1v) is 0.836. The number of hydrogen-bond donors (Lipinski definition) is 0. The molecule has 0 aromatic rings. The summed E-state index contributed by atoms with van der Waals surface area (Å²) in [6.07, 6.45) is 0. The fourth-order valence-electron chi connectivity index (χ4n) is 0. The van der Waals surface area contributed by atoms with Crippen molar-refractivity contribution >= 4 is 17.4 Å². The van der Waals surface area contributed by atoms with Gasteiger partial charge in [-0.1, -0.05) is 12.2 Å². The Hall–Kier alpha value is 0.609. The molecule has 5 heavy (non-hydrogen) atoms. The molecular formula is CClFeNS. The van der Waals surface area contributed by atoms with Gasteiger partial charge in [0.15, 0.2) is 0 Å². The van der Waals surface area contributed by atoms with E-state index in [-0.39, 0.29) is 29.5 Å². The number of rotatable bonds is 0. The molecule has 0 rings (SSSR count). The van der Waals surface area contributed by atoms with Gasteiger partial charge in [-0.3, -0.25) is 0 Å². The van der Waals surface area contributed by atoms with Crippen LogP contribution >= 0.6 is 12.2 Å². The van der Waals surface area contributed by atoms with Crippen molar-refractivity contribution < 1.29 is 29.5 Å². The van der Waals surface area contributed by atoms with E-state index >= 15 is 0 Å². The minimum atomic E-state index is 0. The molecule has 0 unspecified atom stereocenters. The van der Waals surface area contributed by atoms with E-state index in [4.69, 9.17) is 5.41 Å². The Bertz CT molecular complexity index is 32.6. The van der Waals surface area contributed by atoms with E-state index in [9.17, 15) is 0 Å². The second-order valence-corrected chi connectivity index (χ2v) is 0.274. The molecule has 0 aliphatic rings. The smallest absolute Gasteiger partial charge is 1.00 e. The molecule has 0 aliphatic carbocycles. The summed E-state index contributed by atoms with van der Waals surface area (Å²) in [5.74, 6) is 0. The van der Waals surface area contributed by atoms with E-state index in [0.29, 0.717) is 0 Å². The van der Waals surface area contributed by atoms with Crippen LogP contribution in [0, 0.1) is 0 Å². The third kappa shape index (κ3) is 84.5. The summed E-state index contributed by atoms with van der Waals surface area (Å²) in [6, 6.07) is 0. The summed E-state index contributed by atoms with van der Waals surface area (Å²) in [5.41, 5.74) is 0. The largest absolute Gasteiger partial charge is 2.00 e. The van der Waals surface area contributed by atoms with Crippen LogP contribution in [0.5, 0.6) is 0 Å². The monoisotopic (exact) mass is 149 g/mol. The zero-order valence-corrected chi connectivity index (χ0v) is 4.76. The van der Waals surface area contributed by atoms with Crippen LogP contribution in [0.2, 0.25) is 0 Å². The maximum Gasteiger partial charge on any atom is 2.00 e. The minimum Gasteiger partial charge on any atom is -1.00 e. The van der Waals surface area contributed by atoms with Crippen molar-refractivity contribution in [2.45, 2.75) is 0 Å². The zero-order valence-electron chi connectivity index (χ0n) is 2.09. The minimum absolute atomic E-state index is 0. The maximum absolute atomic E-state index is 7.13. The molecule has 0 fully saturated rings. The Labute approximate surface area is 52.5 Å². The van der Waals surface area contributed by atoms with Gasteiger partial charge in [0.25, 0.3) is 0 Å². The van der Waals surface area contributed by atoms with Gasteiger partial charge in [0.05, 0.1) is 0 Å². The Morgan fingerprint density at radius 1 is 1.60 bits per heavy atom. The third-order valence-electron chi connectivity index (χ3n) is 0. The summed E-state index contributed by atoms with van der Waals surface area (Å²) in [7, 11) is 0. The van der Waals surface area contributed by atoms with Gasteiger partial charge < -0.3 is 17.8 Å². The van der Waals surface area contributed by atoms with Crippen LogP contribution in [0.4, 0.5) is 0 Å². The molecule has 0 amide bonds. The first-order chi connectivity index (χ1) is 1.41. The van der Waals surface area contributed by atoms with E-state index in [1.54, 1.807) is 0 Å². The summed E-state index contributed by atoms with van der Waals surface area (Å²) < 4.78 is 0. The number of halogens is 1. The Balaban J connectivity index is -0.0000000200. The van der Waals surface area contributed by atoms with Gasteiger partial charge in [0.2, 0.25) is 0 Å². The molecule has 4 heteroatoms. The predicted octanol–water partition coefficient (Wildman–Crippen LogP) is -2.34. The molecule has 30 valence electrons. The Morgan fingerprint density at radius 3 is 1.60 bits per heavy atom. The Kier molecular flexibility index (Phi) is 81.2. The van der Waals surface area contributed by atoms with E-state index in [1.807, 2.05) is 0 Å². The van der Waals surface area contributed by atoms with Crippen LogP contribution in [0.15, 0.2) is 0 Å². The van der Waals surface area contributed by atoms with Gasteiger partial charge in [-0.2, -0.15) is 5.16 Å². The molecule has 1 nitrogen and oxygen atoms in total. The molecule has 0 N–H and O–H groups in total. The molecule has 0 radical (unpaired) electrons. The van der Waals surface area contributed by atoms with E-state index < -0.39 is 0 Å². The van der Waals surface area contributed by atoms with Gasteiger partial charge >= 0.3 is 17.1 Å². The summed E-state index contributed by atoms with van der Waals surface area (Å²) in [6.45, 7) is 0. The fourth-order valence-corrected chi connectivity index (χ4v) is 0. The quantitative estimate of drug-likeness (QED) is 0.215.